The van der Waals surface area contributed by atoms with Gasteiger partial charge in [0.05, 0.1) is 6.20 Å². The van der Waals surface area contributed by atoms with Gasteiger partial charge in [0, 0.05) is 0 Å². The van der Waals surface area contributed by atoms with E-state index in [1.165, 1.54) is 0 Å². The number of nitrogens with zero attached hydrogens (tertiary/aromatic N) is 1. The number of alkyl halides is 2. The molecule has 8 heteroatoms. The van der Waals surface area contributed by atoms with Crippen LogP contribution in [0.5, 0.6) is 0 Å². The number of nitrogens with one attached hydrogen (secondary N) is 1. The number of H-pyrrole nitrogens is 1. The van der Waals surface area contributed by atoms with Crippen LogP contribution in [0.3, 0.4) is 0 Å². The summed E-state index contributed by atoms with van der Waals surface area (Å²) in [6.45, 7) is 0. The van der Waals surface area contributed by atoms with Crippen molar-refractivity contribution in [3.05, 3.63) is 11.9 Å². The molecule has 0 fully saturated rings. The Kier molecular flexibility index (Phi) is 2.11. The summed E-state index contributed by atoms with van der Waals surface area (Å²) >= 11 is 0. The number of sulfonamides is 1. The number of rotatable bonds is 2. The molecule has 0 radical (unpaired) electrons. The van der Waals surface area contributed by atoms with Gasteiger partial charge in [-0.25, -0.2) is 22.3 Å². The Morgan fingerprint density at radius 2 is 2.17 bits per heavy atom. The third-order valence-corrected chi connectivity index (χ3v) is 2.10. The number of halogens is 2. The van der Waals surface area contributed by atoms with Crippen LogP contribution in [0, 0.1) is 0 Å². The topological polar surface area (TPSA) is 88.8 Å². The van der Waals surface area contributed by atoms with Crippen molar-refractivity contribution in [3.63, 3.8) is 0 Å². The molecule has 0 spiro atoms. The molecule has 5 nitrogen and oxygen atoms in total. The largest absolute Gasteiger partial charge is 0.281 e. The summed E-state index contributed by atoms with van der Waals surface area (Å²) in [5, 5.41) is 9.62. The zero-order valence-electron chi connectivity index (χ0n) is 5.66. The van der Waals surface area contributed by atoms with Crippen LogP contribution in [-0.4, -0.2) is 18.6 Å². The first-order valence-corrected chi connectivity index (χ1v) is 4.32. The molecule has 0 saturated carbocycles. The fourth-order valence-corrected chi connectivity index (χ4v) is 1.31. The van der Waals surface area contributed by atoms with Gasteiger partial charge in [-0.3, -0.25) is 5.10 Å². The lowest BCUT2D eigenvalue weighted by atomic mass is 10.5. The lowest BCUT2D eigenvalue weighted by Gasteiger charge is -1.97. The molecule has 68 valence electrons. The quantitative estimate of drug-likeness (QED) is 0.699. The van der Waals surface area contributed by atoms with Gasteiger partial charge in [0.25, 0.3) is 6.43 Å². The predicted molar refractivity (Wildman–Crippen MR) is 34.9 cm³/mol. The maximum Gasteiger partial charge on any atom is 0.281 e. The zero-order valence-corrected chi connectivity index (χ0v) is 6.48. The third kappa shape index (κ3) is 1.59. The van der Waals surface area contributed by atoms with Crippen LogP contribution in [0.1, 0.15) is 12.1 Å². The highest BCUT2D eigenvalue weighted by molar-refractivity contribution is 7.89. The molecule has 12 heavy (non-hydrogen) atoms. The van der Waals surface area contributed by atoms with Crippen LogP contribution in [-0.2, 0) is 10.0 Å². The van der Waals surface area contributed by atoms with E-state index < -0.39 is 27.0 Å². The Labute approximate surface area is 66.6 Å². The van der Waals surface area contributed by atoms with Gasteiger partial charge in [0.15, 0.2) is 0 Å². The Morgan fingerprint density at radius 1 is 1.58 bits per heavy atom. The van der Waals surface area contributed by atoms with Gasteiger partial charge in [-0.2, -0.15) is 5.10 Å². The van der Waals surface area contributed by atoms with Gasteiger partial charge >= 0.3 is 0 Å². The minimum Gasteiger partial charge on any atom is -0.275 e. The van der Waals surface area contributed by atoms with Crippen LogP contribution < -0.4 is 5.14 Å². The highest BCUT2D eigenvalue weighted by Crippen LogP contribution is 2.22. The molecule has 0 atom stereocenters. The molecule has 0 aliphatic carbocycles. The second kappa shape index (κ2) is 2.79. The van der Waals surface area contributed by atoms with E-state index in [0.29, 0.717) is 0 Å². The number of aromatic nitrogens is 2. The van der Waals surface area contributed by atoms with Crippen LogP contribution >= 0.6 is 0 Å². The van der Waals surface area contributed by atoms with Gasteiger partial charge in [0.2, 0.25) is 10.0 Å². The molecule has 3 N–H and O–H groups in total. The van der Waals surface area contributed by atoms with E-state index >= 15 is 0 Å². The van der Waals surface area contributed by atoms with Crippen LogP contribution in [0.25, 0.3) is 0 Å². The first kappa shape index (κ1) is 9.07. The first-order chi connectivity index (χ1) is 5.43. The maximum absolute atomic E-state index is 12.0. The molecule has 1 aromatic heterocycles. The van der Waals surface area contributed by atoms with Gasteiger partial charge in [0.1, 0.15) is 10.6 Å². The van der Waals surface area contributed by atoms with Crippen LogP contribution in [0.2, 0.25) is 0 Å². The number of hydrogen-bond acceptors (Lipinski definition) is 3. The Morgan fingerprint density at radius 3 is 2.50 bits per heavy atom. The third-order valence-electron chi connectivity index (χ3n) is 1.16. The van der Waals surface area contributed by atoms with Crippen molar-refractivity contribution < 1.29 is 17.2 Å². The van der Waals surface area contributed by atoms with Crippen LogP contribution in [0.4, 0.5) is 8.78 Å². The summed E-state index contributed by atoms with van der Waals surface area (Å²) in [5.74, 6) is 0. The molecular formula is C4H5F2N3O2S. The lowest BCUT2D eigenvalue weighted by molar-refractivity contribution is 0.142. The van der Waals surface area contributed by atoms with Crippen LogP contribution in [0.15, 0.2) is 11.1 Å². The van der Waals surface area contributed by atoms with E-state index in [-0.39, 0.29) is 0 Å². The van der Waals surface area contributed by atoms with Crippen molar-refractivity contribution in [3.8, 4) is 0 Å². The number of primary sulfonamides is 1. The van der Waals surface area contributed by atoms with E-state index in [0.717, 1.165) is 6.20 Å². The van der Waals surface area contributed by atoms with Gasteiger partial charge in [-0.15, -0.1) is 0 Å². The summed E-state index contributed by atoms with van der Waals surface area (Å²) in [6, 6.07) is 0. The van der Waals surface area contributed by atoms with Gasteiger partial charge < -0.3 is 0 Å². The molecule has 1 heterocycles. The number of hydrogen-bond donors (Lipinski definition) is 2. The molecule has 0 bridgehead atoms. The number of nitrogens with two attached hydrogens (primary N) is 1. The van der Waals surface area contributed by atoms with Gasteiger partial charge in [-0.1, -0.05) is 0 Å². The second-order valence-corrected chi connectivity index (χ2v) is 3.52. The Balaban J connectivity index is 3.26. The van der Waals surface area contributed by atoms with Crippen molar-refractivity contribution >= 4 is 10.0 Å². The maximum atomic E-state index is 12.0. The zero-order chi connectivity index (χ0) is 9.35. The highest BCUT2D eigenvalue weighted by Gasteiger charge is 2.22. The molecule has 0 aromatic carbocycles. The lowest BCUT2D eigenvalue weighted by Crippen LogP contribution is -2.13. The summed E-state index contributed by atoms with van der Waals surface area (Å²) in [5.41, 5.74) is -0.780. The monoisotopic (exact) mass is 197 g/mol. The van der Waals surface area contributed by atoms with E-state index in [1.807, 2.05) is 5.10 Å². The summed E-state index contributed by atoms with van der Waals surface area (Å²) < 4.78 is 45.2. The molecule has 1 aromatic rings. The summed E-state index contributed by atoms with van der Waals surface area (Å²) in [4.78, 5) is -0.669. The van der Waals surface area contributed by atoms with Crippen molar-refractivity contribution in [2.24, 2.45) is 5.14 Å². The van der Waals surface area contributed by atoms with Crippen molar-refractivity contribution in [1.29, 1.82) is 0 Å². The SMILES string of the molecule is NS(=O)(=O)c1cn[nH]c1C(F)F. The van der Waals surface area contributed by atoms with Crippen molar-refractivity contribution in [2.75, 3.05) is 0 Å². The molecule has 0 unspecified atom stereocenters. The average Bonchev–Trinajstić information content (AvgIpc) is 2.30. The fourth-order valence-electron chi connectivity index (χ4n) is 0.668. The van der Waals surface area contributed by atoms with Crippen molar-refractivity contribution in [1.82, 2.24) is 10.2 Å². The Bertz CT molecular complexity index is 371. The molecule has 0 aliphatic heterocycles. The van der Waals surface area contributed by atoms with E-state index in [1.54, 1.807) is 0 Å². The minimum atomic E-state index is -4.11. The molecule has 0 saturated heterocycles. The fraction of sp³-hybridized carbons (Fsp3) is 0.250. The molecule has 1 rings (SSSR count). The second-order valence-electron chi connectivity index (χ2n) is 1.99. The predicted octanol–water partition coefficient (Wildman–Crippen LogP) is -0.00530. The van der Waals surface area contributed by atoms with Gasteiger partial charge in [-0.05, 0) is 0 Å². The standard InChI is InChI=1S/C4H5F2N3O2S/c5-4(6)3-2(1-8-9-3)12(7,10)11/h1,4H,(H,8,9)(H2,7,10,11). The Hall–Kier alpha value is -1.02. The van der Waals surface area contributed by atoms with E-state index in [9.17, 15) is 17.2 Å². The minimum absolute atomic E-state index is 0.669. The van der Waals surface area contributed by atoms with Crippen molar-refractivity contribution in [2.45, 2.75) is 11.3 Å². The van der Waals surface area contributed by atoms with E-state index in [2.05, 4.69) is 10.2 Å². The normalized spacial score (nSPS) is 12.3. The van der Waals surface area contributed by atoms with E-state index in [4.69, 9.17) is 0 Å². The molecular weight excluding hydrogens is 192 g/mol. The number of aromatic amines is 1. The average molecular weight is 197 g/mol. The molecule has 0 aliphatic rings. The summed E-state index contributed by atoms with van der Waals surface area (Å²) in [7, 11) is -4.11. The highest BCUT2D eigenvalue weighted by atomic mass is 32.2. The first-order valence-electron chi connectivity index (χ1n) is 2.77. The molecule has 0 amide bonds. The smallest absolute Gasteiger partial charge is 0.275 e. The summed E-state index contributed by atoms with van der Waals surface area (Å²) in [6.07, 6.45) is -2.18.